The van der Waals surface area contributed by atoms with Crippen LogP contribution in [0, 0.1) is 0 Å². The van der Waals surface area contributed by atoms with Crippen molar-refractivity contribution in [2.24, 2.45) is 0 Å². The second-order valence-corrected chi connectivity index (χ2v) is 6.87. The van der Waals surface area contributed by atoms with E-state index in [1.54, 1.807) is 12.1 Å². The molecule has 29 heavy (non-hydrogen) atoms. The van der Waals surface area contributed by atoms with E-state index in [4.69, 9.17) is 9.47 Å². The minimum atomic E-state index is -4.70. The highest BCUT2D eigenvalue weighted by atomic mass is 32.2. The normalized spacial score (nSPS) is 11.5. The number of hydrogen-bond acceptors (Lipinski definition) is 6. The summed E-state index contributed by atoms with van der Waals surface area (Å²) in [6, 6.07) is 12.6. The van der Waals surface area contributed by atoms with Crippen molar-refractivity contribution >= 4 is 10.7 Å². The maximum Gasteiger partial charge on any atom is 0.433 e. The maximum atomic E-state index is 13.3. The Morgan fingerprint density at radius 3 is 2.10 bits per heavy atom. The van der Waals surface area contributed by atoms with Crippen molar-refractivity contribution in [2.75, 3.05) is 7.11 Å². The highest BCUT2D eigenvalue weighted by Crippen LogP contribution is 2.33. The molecule has 0 N–H and O–H groups in total. The lowest BCUT2D eigenvalue weighted by Gasteiger charge is -2.11. The summed E-state index contributed by atoms with van der Waals surface area (Å²) in [5.41, 5.74) is -0.279. The van der Waals surface area contributed by atoms with E-state index in [9.17, 15) is 21.6 Å². The quantitative estimate of drug-likeness (QED) is 0.601. The lowest BCUT2D eigenvalue weighted by molar-refractivity contribution is -0.141. The number of benzene rings is 2. The Kier molecular flexibility index (Phi) is 6.02. The summed E-state index contributed by atoms with van der Waals surface area (Å²) >= 11 is 0. The number of aromatic nitrogens is 2. The smallest absolute Gasteiger partial charge is 0.433 e. The molecule has 0 aliphatic carbocycles. The van der Waals surface area contributed by atoms with Gasteiger partial charge in [0.1, 0.15) is 22.2 Å². The van der Waals surface area contributed by atoms with Gasteiger partial charge in [0.25, 0.3) is 0 Å². The third-order valence-electron chi connectivity index (χ3n) is 3.83. The van der Waals surface area contributed by atoms with E-state index in [0.717, 1.165) is 6.07 Å². The topological polar surface area (TPSA) is 78.4 Å². The zero-order valence-electron chi connectivity index (χ0n) is 15.0. The molecule has 0 saturated carbocycles. The Labute approximate surface area is 165 Å². The fourth-order valence-electron chi connectivity index (χ4n) is 2.44. The van der Waals surface area contributed by atoms with Crippen LogP contribution < -0.4 is 9.47 Å². The van der Waals surface area contributed by atoms with Gasteiger partial charge in [-0.15, -0.1) is 0 Å². The summed E-state index contributed by atoms with van der Waals surface area (Å²) in [6.07, 6.45) is -4.70. The highest BCUT2D eigenvalue weighted by molar-refractivity contribution is 7.71. The Morgan fingerprint density at radius 2 is 1.55 bits per heavy atom. The van der Waals surface area contributed by atoms with Gasteiger partial charge in [0.2, 0.25) is 0 Å². The molecule has 1 aromatic heterocycles. The fourth-order valence-corrected chi connectivity index (χ4v) is 2.95. The summed E-state index contributed by atoms with van der Waals surface area (Å²) in [5.74, 6) is 0.646. The van der Waals surface area contributed by atoms with Gasteiger partial charge in [-0.05, 0) is 35.9 Å². The number of hydrogen-bond donors (Lipinski definition) is 1. The number of methoxy groups -OCH3 is 1. The molecular weight excluding hydrogens is 409 g/mol. The molecule has 0 aliphatic rings. The predicted molar refractivity (Wildman–Crippen MR) is 99.6 cm³/mol. The van der Waals surface area contributed by atoms with Gasteiger partial charge in [0.05, 0.1) is 18.6 Å². The van der Waals surface area contributed by atoms with E-state index < -0.39 is 28.6 Å². The molecule has 0 bridgehead atoms. The van der Waals surface area contributed by atoms with Crippen LogP contribution in [0.4, 0.5) is 13.2 Å². The first-order chi connectivity index (χ1) is 13.7. The Hall–Kier alpha value is -3.14. The lowest BCUT2D eigenvalue weighted by Crippen LogP contribution is -2.10. The molecule has 0 radical (unpaired) electrons. The third kappa shape index (κ3) is 5.44. The fraction of sp³-hybridized carbons (Fsp3) is 0.158. The van der Waals surface area contributed by atoms with Crippen molar-refractivity contribution in [3.05, 3.63) is 65.9 Å². The molecule has 1 heterocycles. The van der Waals surface area contributed by atoms with E-state index in [-0.39, 0.29) is 17.2 Å². The monoisotopic (exact) mass is 424 g/mol. The largest absolute Gasteiger partial charge is 0.497 e. The second-order valence-electron chi connectivity index (χ2n) is 5.88. The van der Waals surface area contributed by atoms with E-state index in [1.807, 2.05) is 0 Å². The van der Waals surface area contributed by atoms with Crippen molar-refractivity contribution in [3.63, 3.8) is 0 Å². The number of nitrogens with zero attached hydrogens (tertiary/aromatic N) is 2. The van der Waals surface area contributed by atoms with E-state index in [0.29, 0.717) is 16.9 Å². The van der Waals surface area contributed by atoms with Crippen molar-refractivity contribution in [3.8, 4) is 28.8 Å². The van der Waals surface area contributed by atoms with Crippen LogP contribution in [-0.4, -0.2) is 25.5 Å². The second kappa shape index (κ2) is 8.48. The molecule has 3 rings (SSSR count). The number of thiol groups is 1. The third-order valence-corrected chi connectivity index (χ3v) is 4.45. The minimum absolute atomic E-state index is 0.00565. The van der Waals surface area contributed by atoms with Crippen LogP contribution in [0.3, 0.4) is 0 Å². The van der Waals surface area contributed by atoms with Gasteiger partial charge < -0.3 is 9.47 Å². The molecule has 6 nitrogen and oxygen atoms in total. The first kappa shape index (κ1) is 20.6. The lowest BCUT2D eigenvalue weighted by atomic mass is 10.1. The summed E-state index contributed by atoms with van der Waals surface area (Å²) in [7, 11) is -1.12. The van der Waals surface area contributed by atoms with Crippen LogP contribution in [0.5, 0.6) is 17.5 Å². The SMILES string of the molecule is COc1ccc(Oc2nc(-c3ccc(C[SH](=O)=O)cc3)cc(C(F)(F)F)n2)cc1. The molecule has 0 saturated heterocycles. The molecule has 0 spiro atoms. The van der Waals surface area contributed by atoms with Crippen molar-refractivity contribution in [1.82, 2.24) is 9.97 Å². The number of alkyl halides is 3. The standard InChI is InChI=1S/C19H15F3N2O4S/c1-27-14-6-8-15(9-7-14)28-18-23-16(10-17(24-18)19(20,21)22)13-4-2-12(3-5-13)11-29(25)26/h2-10,29H,11H2,1H3. The van der Waals surface area contributed by atoms with E-state index >= 15 is 0 Å². The van der Waals surface area contributed by atoms with Crippen molar-refractivity contribution in [1.29, 1.82) is 0 Å². The van der Waals surface area contributed by atoms with Gasteiger partial charge in [-0.25, -0.2) is 8.42 Å². The molecule has 0 aliphatic heterocycles. The zero-order chi connectivity index (χ0) is 21.0. The van der Waals surface area contributed by atoms with Crippen LogP contribution >= 0.6 is 0 Å². The Balaban J connectivity index is 1.97. The number of halogens is 3. The van der Waals surface area contributed by atoms with Crippen LogP contribution in [0.2, 0.25) is 0 Å². The highest BCUT2D eigenvalue weighted by Gasteiger charge is 2.34. The Bertz CT molecular complexity index is 1060. The molecule has 10 heteroatoms. The molecule has 0 amide bonds. The van der Waals surface area contributed by atoms with Crippen LogP contribution in [-0.2, 0) is 22.6 Å². The first-order valence-electron chi connectivity index (χ1n) is 8.24. The van der Waals surface area contributed by atoms with Gasteiger partial charge in [0, 0.05) is 5.56 Å². The maximum absolute atomic E-state index is 13.3. The zero-order valence-corrected chi connectivity index (χ0v) is 15.9. The van der Waals surface area contributed by atoms with Gasteiger partial charge in [-0.2, -0.15) is 23.1 Å². The summed E-state index contributed by atoms with van der Waals surface area (Å²) in [5, 5.41) is 0. The minimum Gasteiger partial charge on any atom is -0.497 e. The molecule has 0 unspecified atom stereocenters. The molecule has 0 fully saturated rings. The molecule has 0 atom stereocenters. The molecule has 152 valence electrons. The number of ether oxygens (including phenoxy) is 2. The summed E-state index contributed by atoms with van der Waals surface area (Å²) < 4.78 is 71.9. The number of rotatable bonds is 6. The van der Waals surface area contributed by atoms with Gasteiger partial charge in [0.15, 0.2) is 5.69 Å². The summed E-state index contributed by atoms with van der Waals surface area (Å²) in [6.45, 7) is 0. The average Bonchev–Trinajstić information content (AvgIpc) is 2.68. The summed E-state index contributed by atoms with van der Waals surface area (Å²) in [4.78, 5) is 7.52. The molecular formula is C19H15F3N2O4S. The first-order valence-corrected chi connectivity index (χ1v) is 9.60. The van der Waals surface area contributed by atoms with Gasteiger partial charge >= 0.3 is 12.2 Å². The van der Waals surface area contributed by atoms with Crippen LogP contribution in [0.25, 0.3) is 11.3 Å². The Morgan fingerprint density at radius 1 is 0.931 bits per heavy atom. The molecule has 3 aromatic rings. The van der Waals surface area contributed by atoms with E-state index in [2.05, 4.69) is 9.97 Å². The van der Waals surface area contributed by atoms with E-state index in [1.165, 1.54) is 43.5 Å². The van der Waals surface area contributed by atoms with Crippen molar-refractivity contribution < 1.29 is 31.1 Å². The van der Waals surface area contributed by atoms with Gasteiger partial charge in [-0.3, -0.25) is 0 Å². The van der Waals surface area contributed by atoms with Gasteiger partial charge in [-0.1, -0.05) is 24.3 Å². The van der Waals surface area contributed by atoms with Crippen LogP contribution in [0.1, 0.15) is 11.3 Å². The molecule has 2 aromatic carbocycles. The average molecular weight is 424 g/mol. The van der Waals surface area contributed by atoms with Crippen LogP contribution in [0.15, 0.2) is 54.6 Å². The van der Waals surface area contributed by atoms with Crippen molar-refractivity contribution in [2.45, 2.75) is 11.9 Å². The predicted octanol–water partition coefficient (Wildman–Crippen LogP) is 4.07.